The summed E-state index contributed by atoms with van der Waals surface area (Å²) in [7, 11) is 0. The zero-order valence-corrected chi connectivity index (χ0v) is 16.9. The van der Waals surface area contributed by atoms with Gasteiger partial charge in [-0.2, -0.15) is 0 Å². The summed E-state index contributed by atoms with van der Waals surface area (Å²) in [6.45, 7) is 6.34. The van der Waals surface area contributed by atoms with E-state index in [4.69, 9.17) is 23.2 Å². The molecule has 0 saturated carbocycles. The summed E-state index contributed by atoms with van der Waals surface area (Å²) in [4.78, 5) is 26.1. The highest BCUT2D eigenvalue weighted by atomic mass is 35.5. The van der Waals surface area contributed by atoms with E-state index in [-0.39, 0.29) is 30.1 Å². The van der Waals surface area contributed by atoms with Crippen LogP contribution in [0.1, 0.15) is 30.4 Å². The lowest BCUT2D eigenvalue weighted by molar-refractivity contribution is -0.124. The predicted octanol–water partition coefficient (Wildman–Crippen LogP) is 4.68. The van der Waals surface area contributed by atoms with Gasteiger partial charge in [-0.05, 0) is 42.3 Å². The van der Waals surface area contributed by atoms with Crippen LogP contribution in [-0.4, -0.2) is 18.4 Å². The predicted molar refractivity (Wildman–Crippen MR) is 112 cm³/mol. The number of allylic oxidation sites excluding steroid dienone is 1. The van der Waals surface area contributed by atoms with Gasteiger partial charge in [-0.25, -0.2) is 0 Å². The molecule has 2 aliphatic rings. The average molecular weight is 415 g/mol. The lowest BCUT2D eigenvalue weighted by Gasteiger charge is -2.40. The summed E-state index contributed by atoms with van der Waals surface area (Å²) in [6, 6.07) is 12.9. The maximum Gasteiger partial charge on any atom is 0.236 e. The first-order valence-corrected chi connectivity index (χ1v) is 9.88. The number of benzene rings is 2. The third-order valence-electron chi connectivity index (χ3n) is 5.89. The van der Waals surface area contributed by atoms with Gasteiger partial charge in [0.15, 0.2) is 0 Å². The summed E-state index contributed by atoms with van der Waals surface area (Å²) in [5, 5.41) is 7.12. The minimum Gasteiger partial charge on any atom is -0.355 e. The summed E-state index contributed by atoms with van der Waals surface area (Å²) in [6.07, 6.45) is 0.196. The number of hydrogen-bond donors (Lipinski definition) is 2. The van der Waals surface area contributed by atoms with Crippen molar-refractivity contribution in [1.82, 2.24) is 5.32 Å². The number of anilines is 1. The summed E-state index contributed by atoms with van der Waals surface area (Å²) in [5.74, 6) is -0.894. The van der Waals surface area contributed by atoms with Crippen LogP contribution in [0.4, 0.5) is 5.69 Å². The molecular formula is C22H20Cl2N2O2. The van der Waals surface area contributed by atoms with Crippen LogP contribution in [0.15, 0.2) is 54.6 Å². The van der Waals surface area contributed by atoms with Crippen LogP contribution >= 0.6 is 23.2 Å². The third kappa shape index (κ3) is 2.83. The van der Waals surface area contributed by atoms with E-state index in [0.717, 1.165) is 16.7 Å². The van der Waals surface area contributed by atoms with Crippen molar-refractivity contribution >= 4 is 40.7 Å². The Labute approximate surface area is 173 Å². The van der Waals surface area contributed by atoms with Gasteiger partial charge in [0.05, 0.1) is 5.41 Å². The maximum absolute atomic E-state index is 13.6. The lowest BCUT2D eigenvalue weighted by atomic mass is 9.59. The molecule has 4 nitrogen and oxygen atoms in total. The molecule has 3 atom stereocenters. The first-order valence-electron chi connectivity index (χ1n) is 9.13. The SMILES string of the molecule is C=C(C)[C@@H]1CC(=O)NC[C@H](c2cccc(Cl)c2)[C@@]12C(=O)Nc1cc(Cl)ccc12. The van der Waals surface area contributed by atoms with E-state index < -0.39 is 5.41 Å². The number of fused-ring (bicyclic) bond motifs is 2. The lowest BCUT2D eigenvalue weighted by Crippen LogP contribution is -2.48. The van der Waals surface area contributed by atoms with Gasteiger partial charge in [0.1, 0.15) is 0 Å². The molecule has 0 aliphatic carbocycles. The number of amides is 2. The van der Waals surface area contributed by atoms with E-state index in [1.54, 1.807) is 18.2 Å². The standard InChI is InChI=1S/C22H20Cl2N2O2/c1-12(2)17-10-20(27)25-11-18(13-4-3-5-14(23)8-13)22(17)16-7-6-15(24)9-19(16)26-21(22)28/h3-9,17-18H,1,10-11H2,2H3,(H,25,27)(H,26,28)/t17-,18+,22-/m0/s1. The van der Waals surface area contributed by atoms with E-state index in [1.165, 1.54) is 0 Å². The molecule has 28 heavy (non-hydrogen) atoms. The molecule has 144 valence electrons. The van der Waals surface area contributed by atoms with E-state index >= 15 is 0 Å². The Morgan fingerprint density at radius 1 is 1.14 bits per heavy atom. The number of rotatable bonds is 2. The van der Waals surface area contributed by atoms with E-state index in [0.29, 0.717) is 22.3 Å². The largest absolute Gasteiger partial charge is 0.355 e. The monoisotopic (exact) mass is 414 g/mol. The molecule has 6 heteroatoms. The van der Waals surface area contributed by atoms with Crippen LogP contribution in [0.2, 0.25) is 10.0 Å². The Kier molecular flexibility index (Phi) is 4.72. The van der Waals surface area contributed by atoms with Crippen LogP contribution in [0.5, 0.6) is 0 Å². The molecule has 0 aromatic heterocycles. The highest BCUT2D eigenvalue weighted by molar-refractivity contribution is 6.31. The molecular weight excluding hydrogens is 395 g/mol. The smallest absolute Gasteiger partial charge is 0.236 e. The van der Waals surface area contributed by atoms with Crippen molar-refractivity contribution in [1.29, 1.82) is 0 Å². The van der Waals surface area contributed by atoms with E-state index in [1.807, 2.05) is 31.2 Å². The molecule has 1 saturated heterocycles. The van der Waals surface area contributed by atoms with Crippen molar-refractivity contribution in [2.75, 3.05) is 11.9 Å². The Bertz CT molecular complexity index is 1000. The second-order valence-corrected chi connectivity index (χ2v) is 8.40. The van der Waals surface area contributed by atoms with Crippen LogP contribution in [0.25, 0.3) is 0 Å². The van der Waals surface area contributed by atoms with Gasteiger partial charge in [-0.3, -0.25) is 9.59 Å². The maximum atomic E-state index is 13.6. The first-order chi connectivity index (χ1) is 13.3. The Morgan fingerprint density at radius 2 is 1.89 bits per heavy atom. The molecule has 2 aliphatic heterocycles. The fraction of sp³-hybridized carbons (Fsp3) is 0.273. The third-order valence-corrected chi connectivity index (χ3v) is 6.36. The molecule has 1 spiro atoms. The zero-order chi connectivity index (χ0) is 20.1. The number of halogens is 2. The topological polar surface area (TPSA) is 58.2 Å². The van der Waals surface area contributed by atoms with Gasteiger partial charge in [0.2, 0.25) is 11.8 Å². The molecule has 2 heterocycles. The van der Waals surface area contributed by atoms with E-state index in [9.17, 15) is 9.59 Å². The van der Waals surface area contributed by atoms with Gasteiger partial charge >= 0.3 is 0 Å². The average Bonchev–Trinajstić information content (AvgIpc) is 2.80. The number of hydrogen-bond acceptors (Lipinski definition) is 2. The molecule has 2 amide bonds. The normalized spacial score (nSPS) is 26.4. The summed E-state index contributed by atoms with van der Waals surface area (Å²) in [5.41, 5.74) is 2.25. The van der Waals surface area contributed by atoms with Crippen molar-refractivity contribution in [2.45, 2.75) is 24.7 Å². The van der Waals surface area contributed by atoms with Crippen LogP contribution in [-0.2, 0) is 15.0 Å². The molecule has 2 aromatic rings. The second kappa shape index (κ2) is 6.94. The minimum atomic E-state index is -0.977. The van der Waals surface area contributed by atoms with Crippen LogP contribution < -0.4 is 10.6 Å². The van der Waals surface area contributed by atoms with Crippen molar-refractivity contribution in [2.24, 2.45) is 5.92 Å². The number of nitrogens with one attached hydrogen (secondary N) is 2. The Balaban J connectivity index is 2.03. The van der Waals surface area contributed by atoms with Gasteiger partial charge in [-0.15, -0.1) is 0 Å². The van der Waals surface area contributed by atoms with Gasteiger partial charge in [-0.1, -0.05) is 53.6 Å². The van der Waals surface area contributed by atoms with Gasteiger partial charge < -0.3 is 10.6 Å². The zero-order valence-electron chi connectivity index (χ0n) is 15.4. The van der Waals surface area contributed by atoms with Gasteiger partial charge in [0, 0.05) is 40.5 Å². The van der Waals surface area contributed by atoms with Crippen molar-refractivity contribution < 1.29 is 9.59 Å². The Hall–Kier alpha value is -2.30. The molecule has 0 bridgehead atoms. The van der Waals surface area contributed by atoms with Crippen LogP contribution in [0, 0.1) is 5.92 Å². The first kappa shape index (κ1) is 19.0. The van der Waals surface area contributed by atoms with Crippen molar-refractivity contribution in [3.05, 3.63) is 75.8 Å². The highest BCUT2D eigenvalue weighted by Crippen LogP contribution is 2.55. The molecule has 4 rings (SSSR count). The number of carbonyl (C=O) groups is 2. The highest BCUT2D eigenvalue weighted by Gasteiger charge is 2.59. The molecule has 1 fully saturated rings. The second-order valence-electron chi connectivity index (χ2n) is 7.53. The van der Waals surface area contributed by atoms with Crippen LogP contribution in [0.3, 0.4) is 0 Å². The van der Waals surface area contributed by atoms with Crippen molar-refractivity contribution in [3.63, 3.8) is 0 Å². The fourth-order valence-electron chi connectivity index (χ4n) is 4.73. The Morgan fingerprint density at radius 3 is 2.61 bits per heavy atom. The number of carbonyl (C=O) groups excluding carboxylic acids is 2. The quantitative estimate of drug-likeness (QED) is 0.700. The molecule has 0 unspecified atom stereocenters. The van der Waals surface area contributed by atoms with Gasteiger partial charge in [0.25, 0.3) is 0 Å². The van der Waals surface area contributed by atoms with E-state index in [2.05, 4.69) is 17.2 Å². The fourth-order valence-corrected chi connectivity index (χ4v) is 5.10. The molecule has 2 N–H and O–H groups in total. The molecule has 2 aromatic carbocycles. The minimum absolute atomic E-state index is 0.0906. The van der Waals surface area contributed by atoms with Crippen molar-refractivity contribution in [3.8, 4) is 0 Å². The summed E-state index contributed by atoms with van der Waals surface area (Å²) < 4.78 is 0. The summed E-state index contributed by atoms with van der Waals surface area (Å²) >= 11 is 12.4. The molecule has 0 radical (unpaired) electrons.